The van der Waals surface area contributed by atoms with Crippen LogP contribution in [0.5, 0.6) is 0 Å². The first-order valence-electron chi connectivity index (χ1n) is 8.93. The number of nitrogens with one attached hydrogen (secondary N) is 1. The summed E-state index contributed by atoms with van der Waals surface area (Å²) in [6, 6.07) is 7.97. The number of benzene rings is 1. The van der Waals surface area contributed by atoms with Crippen LogP contribution in [0, 0.1) is 11.7 Å². The molecule has 0 bridgehead atoms. The Labute approximate surface area is 150 Å². The minimum absolute atomic E-state index is 0.0228. The van der Waals surface area contributed by atoms with E-state index in [0.29, 0.717) is 19.1 Å². The first kappa shape index (κ1) is 16.8. The number of aromatic nitrogens is 1. The lowest BCUT2D eigenvalue weighted by atomic mass is 9.97. The molecule has 1 saturated heterocycles. The van der Waals surface area contributed by atoms with Crippen LogP contribution < -0.4 is 5.32 Å². The van der Waals surface area contributed by atoms with Crippen LogP contribution >= 0.6 is 0 Å². The Morgan fingerprint density at radius 1 is 1.23 bits per heavy atom. The van der Waals surface area contributed by atoms with Crippen LogP contribution in [0.25, 0.3) is 11.3 Å². The number of likely N-dealkylation sites (tertiary alicyclic amines) is 1. The molecule has 2 aliphatic rings. The highest BCUT2D eigenvalue weighted by molar-refractivity contribution is 5.93. The van der Waals surface area contributed by atoms with E-state index in [4.69, 9.17) is 4.52 Å². The fourth-order valence-corrected chi connectivity index (χ4v) is 3.25. The number of rotatable bonds is 4. The number of piperidine rings is 1. The van der Waals surface area contributed by atoms with E-state index >= 15 is 0 Å². The predicted molar refractivity (Wildman–Crippen MR) is 91.7 cm³/mol. The lowest BCUT2D eigenvalue weighted by Gasteiger charge is -2.31. The molecule has 136 valence electrons. The second-order valence-corrected chi connectivity index (χ2v) is 6.93. The number of halogens is 1. The van der Waals surface area contributed by atoms with Crippen LogP contribution in [0.4, 0.5) is 4.39 Å². The molecule has 2 heterocycles. The Hall–Kier alpha value is -2.70. The van der Waals surface area contributed by atoms with Gasteiger partial charge in [-0.15, -0.1) is 0 Å². The molecular formula is C19H20FN3O3. The Morgan fingerprint density at radius 3 is 2.81 bits per heavy atom. The molecule has 1 aromatic heterocycles. The maximum absolute atomic E-state index is 13.9. The Kier molecular flexibility index (Phi) is 4.44. The van der Waals surface area contributed by atoms with Crippen LogP contribution in [0.2, 0.25) is 0 Å². The van der Waals surface area contributed by atoms with Gasteiger partial charge in [0.05, 0.1) is 5.92 Å². The molecule has 1 aromatic carbocycles. The zero-order valence-electron chi connectivity index (χ0n) is 14.3. The predicted octanol–water partition coefficient (Wildman–Crippen LogP) is 2.61. The molecule has 0 radical (unpaired) electrons. The molecule has 1 atom stereocenters. The average Bonchev–Trinajstić information content (AvgIpc) is 3.34. The van der Waals surface area contributed by atoms with Crippen molar-refractivity contribution in [1.82, 2.24) is 15.4 Å². The number of hydrogen-bond donors (Lipinski definition) is 1. The second-order valence-electron chi connectivity index (χ2n) is 6.93. The summed E-state index contributed by atoms with van der Waals surface area (Å²) in [5.74, 6) is -0.845. The van der Waals surface area contributed by atoms with Gasteiger partial charge < -0.3 is 14.7 Å². The van der Waals surface area contributed by atoms with Crippen molar-refractivity contribution < 1.29 is 18.5 Å². The van der Waals surface area contributed by atoms with E-state index in [9.17, 15) is 14.0 Å². The number of nitrogens with zero attached hydrogens (tertiary/aromatic N) is 2. The van der Waals surface area contributed by atoms with E-state index in [0.717, 1.165) is 25.7 Å². The van der Waals surface area contributed by atoms with Gasteiger partial charge in [-0.25, -0.2) is 4.39 Å². The largest absolute Gasteiger partial charge is 0.353 e. The lowest BCUT2D eigenvalue weighted by molar-refractivity contribution is -0.126. The quantitative estimate of drug-likeness (QED) is 0.913. The van der Waals surface area contributed by atoms with Crippen LogP contribution in [-0.4, -0.2) is 41.0 Å². The lowest BCUT2D eigenvalue weighted by Crippen LogP contribution is -2.45. The van der Waals surface area contributed by atoms with E-state index in [-0.39, 0.29) is 34.7 Å². The number of carbonyl (C=O) groups is 2. The molecule has 2 amide bonds. The summed E-state index contributed by atoms with van der Waals surface area (Å²) in [6.07, 6.45) is 3.62. The van der Waals surface area contributed by atoms with Crippen molar-refractivity contribution in [3.05, 3.63) is 41.9 Å². The fraction of sp³-hybridized carbons (Fsp3) is 0.421. The van der Waals surface area contributed by atoms with E-state index < -0.39 is 5.82 Å². The highest BCUT2D eigenvalue weighted by Crippen LogP contribution is 2.25. The minimum atomic E-state index is -0.422. The van der Waals surface area contributed by atoms with Crippen LogP contribution in [0.15, 0.2) is 34.9 Å². The molecule has 2 aromatic rings. The van der Waals surface area contributed by atoms with Gasteiger partial charge >= 0.3 is 0 Å². The smallest absolute Gasteiger partial charge is 0.292 e. The summed E-state index contributed by atoms with van der Waals surface area (Å²) in [7, 11) is 0. The van der Waals surface area contributed by atoms with Gasteiger partial charge in [-0.1, -0.05) is 17.3 Å². The van der Waals surface area contributed by atoms with Crippen molar-refractivity contribution in [1.29, 1.82) is 0 Å². The van der Waals surface area contributed by atoms with Crippen molar-refractivity contribution in [3.8, 4) is 11.3 Å². The van der Waals surface area contributed by atoms with E-state index in [1.807, 2.05) is 0 Å². The van der Waals surface area contributed by atoms with Crippen molar-refractivity contribution in [2.24, 2.45) is 5.92 Å². The first-order chi connectivity index (χ1) is 12.6. The van der Waals surface area contributed by atoms with Gasteiger partial charge in [0.15, 0.2) is 0 Å². The fourth-order valence-electron chi connectivity index (χ4n) is 3.25. The van der Waals surface area contributed by atoms with Gasteiger partial charge in [0, 0.05) is 30.8 Å². The molecule has 7 heteroatoms. The molecular weight excluding hydrogens is 337 g/mol. The van der Waals surface area contributed by atoms with Gasteiger partial charge in [0.1, 0.15) is 11.5 Å². The van der Waals surface area contributed by atoms with E-state index in [1.165, 1.54) is 12.1 Å². The van der Waals surface area contributed by atoms with Crippen LogP contribution in [0.1, 0.15) is 36.2 Å². The average molecular weight is 357 g/mol. The summed E-state index contributed by atoms with van der Waals surface area (Å²) in [5.41, 5.74) is 0.571. The molecule has 6 nitrogen and oxygen atoms in total. The van der Waals surface area contributed by atoms with Crippen molar-refractivity contribution in [2.45, 2.75) is 31.7 Å². The van der Waals surface area contributed by atoms with Gasteiger partial charge in [0.25, 0.3) is 5.91 Å². The summed E-state index contributed by atoms with van der Waals surface area (Å²) >= 11 is 0. The van der Waals surface area contributed by atoms with E-state index in [1.54, 1.807) is 23.1 Å². The Morgan fingerprint density at radius 2 is 2.04 bits per heavy atom. The highest BCUT2D eigenvalue weighted by Gasteiger charge is 2.33. The molecule has 2 fully saturated rings. The normalized spacial score (nSPS) is 20.0. The van der Waals surface area contributed by atoms with Gasteiger partial charge in [-0.2, -0.15) is 0 Å². The third-order valence-corrected chi connectivity index (χ3v) is 4.87. The second kappa shape index (κ2) is 6.90. The summed E-state index contributed by atoms with van der Waals surface area (Å²) in [5, 5.41) is 6.82. The van der Waals surface area contributed by atoms with Crippen LogP contribution in [0.3, 0.4) is 0 Å². The molecule has 1 N–H and O–H groups in total. The molecule has 0 spiro atoms. The molecule has 1 saturated carbocycles. The van der Waals surface area contributed by atoms with Gasteiger partial charge in [-0.3, -0.25) is 9.59 Å². The number of amides is 2. The Balaban J connectivity index is 1.45. The van der Waals surface area contributed by atoms with Gasteiger partial charge in [0.2, 0.25) is 11.7 Å². The van der Waals surface area contributed by atoms with Crippen LogP contribution in [-0.2, 0) is 4.79 Å². The molecule has 1 aliphatic heterocycles. The van der Waals surface area contributed by atoms with Crippen molar-refractivity contribution >= 4 is 11.8 Å². The van der Waals surface area contributed by atoms with E-state index in [2.05, 4.69) is 10.5 Å². The maximum Gasteiger partial charge on any atom is 0.292 e. The van der Waals surface area contributed by atoms with Gasteiger partial charge in [-0.05, 0) is 37.8 Å². The molecule has 4 rings (SSSR count). The summed E-state index contributed by atoms with van der Waals surface area (Å²) in [6.45, 7) is 0.939. The summed E-state index contributed by atoms with van der Waals surface area (Å²) < 4.78 is 19.0. The Bertz CT molecular complexity index is 831. The zero-order chi connectivity index (χ0) is 18.1. The zero-order valence-corrected chi connectivity index (χ0v) is 14.3. The molecule has 0 unspecified atom stereocenters. The standard InChI is InChI=1S/C19H20FN3O3/c20-15-6-2-1-5-14(15)16-10-17(26-22-16)19(25)23-9-3-4-12(11-23)18(24)21-13-7-8-13/h1-2,5-6,10,12-13H,3-4,7-9,11H2,(H,21,24)/t12-/m1/s1. The first-order valence-corrected chi connectivity index (χ1v) is 8.93. The van der Waals surface area contributed by atoms with Crippen molar-refractivity contribution in [2.75, 3.05) is 13.1 Å². The summed E-state index contributed by atoms with van der Waals surface area (Å²) in [4.78, 5) is 26.6. The maximum atomic E-state index is 13.9. The SMILES string of the molecule is O=C(NC1CC1)[C@@H]1CCCN(C(=O)c2cc(-c3ccccc3F)no2)C1. The third-order valence-electron chi connectivity index (χ3n) is 4.87. The number of hydrogen-bond acceptors (Lipinski definition) is 4. The minimum Gasteiger partial charge on any atom is -0.353 e. The monoisotopic (exact) mass is 357 g/mol. The van der Waals surface area contributed by atoms with Crippen molar-refractivity contribution in [3.63, 3.8) is 0 Å². The topological polar surface area (TPSA) is 75.4 Å². The molecule has 26 heavy (non-hydrogen) atoms. The highest BCUT2D eigenvalue weighted by atomic mass is 19.1. The third kappa shape index (κ3) is 3.47. The molecule has 1 aliphatic carbocycles. The number of carbonyl (C=O) groups excluding carboxylic acids is 2.